The molecule has 2 heterocycles. The lowest BCUT2D eigenvalue weighted by Crippen LogP contribution is -2.41. The van der Waals surface area contributed by atoms with E-state index in [1.54, 1.807) is 12.1 Å². The molecule has 1 aromatic carbocycles. The first-order chi connectivity index (χ1) is 10.4. The predicted molar refractivity (Wildman–Crippen MR) is 82.4 cm³/mol. The van der Waals surface area contributed by atoms with Crippen molar-refractivity contribution in [3.05, 3.63) is 47.8 Å². The van der Waals surface area contributed by atoms with Crippen molar-refractivity contribution in [3.8, 4) is 5.75 Å². The Hall–Kier alpha value is -2.63. The third-order valence-corrected chi connectivity index (χ3v) is 3.64. The monoisotopic (exact) mass is 298 g/mol. The molecule has 0 fully saturated rings. The van der Waals surface area contributed by atoms with E-state index in [0.717, 1.165) is 11.3 Å². The minimum atomic E-state index is -0.364. The fourth-order valence-electron chi connectivity index (χ4n) is 2.67. The zero-order valence-electron chi connectivity index (χ0n) is 12.5. The molecule has 114 valence electrons. The standard InChI is InChI=1S/C16H18N4O2/c1-16(2)8-13(12-7-11(17)3-4-14(12)22-16)20-15(21)10-5-6-18-19-9-10/h3-7,9,13H,8,17H2,1-2H3,(H,20,21). The van der Waals surface area contributed by atoms with Crippen LogP contribution in [0, 0.1) is 0 Å². The number of carbonyl (C=O) groups is 1. The second-order valence-electron chi connectivity index (χ2n) is 6.02. The van der Waals surface area contributed by atoms with Gasteiger partial charge in [-0.05, 0) is 38.1 Å². The summed E-state index contributed by atoms with van der Waals surface area (Å²) in [6.45, 7) is 4.00. The molecule has 0 aliphatic carbocycles. The van der Waals surface area contributed by atoms with Crippen LogP contribution in [0.15, 0.2) is 36.7 Å². The van der Waals surface area contributed by atoms with Crippen molar-refractivity contribution < 1.29 is 9.53 Å². The molecule has 0 radical (unpaired) electrons. The second kappa shape index (κ2) is 5.29. The molecule has 6 nitrogen and oxygen atoms in total. The SMILES string of the molecule is CC1(C)CC(NC(=O)c2ccnnc2)c2cc(N)ccc2O1. The van der Waals surface area contributed by atoms with Gasteiger partial charge in [-0.1, -0.05) is 0 Å². The highest BCUT2D eigenvalue weighted by molar-refractivity contribution is 5.94. The maximum absolute atomic E-state index is 12.4. The number of hydrogen-bond donors (Lipinski definition) is 2. The van der Waals surface area contributed by atoms with Crippen molar-refractivity contribution in [2.24, 2.45) is 0 Å². The van der Waals surface area contributed by atoms with Crippen LogP contribution in [0.4, 0.5) is 5.69 Å². The van der Waals surface area contributed by atoms with Crippen LogP contribution >= 0.6 is 0 Å². The molecule has 22 heavy (non-hydrogen) atoms. The maximum Gasteiger partial charge on any atom is 0.253 e. The number of aromatic nitrogens is 2. The average Bonchev–Trinajstić information content (AvgIpc) is 2.48. The summed E-state index contributed by atoms with van der Waals surface area (Å²) in [6, 6.07) is 6.96. The van der Waals surface area contributed by atoms with E-state index >= 15 is 0 Å². The number of nitrogens with zero attached hydrogens (tertiary/aromatic N) is 2. The molecule has 1 amide bonds. The Kier molecular flexibility index (Phi) is 3.44. The molecule has 0 spiro atoms. The molecular weight excluding hydrogens is 280 g/mol. The third kappa shape index (κ3) is 2.86. The van der Waals surface area contributed by atoms with E-state index in [0.29, 0.717) is 17.7 Å². The number of carbonyl (C=O) groups excluding carboxylic acids is 1. The quantitative estimate of drug-likeness (QED) is 0.829. The molecule has 1 aliphatic rings. The molecule has 1 aliphatic heterocycles. The highest BCUT2D eigenvalue weighted by atomic mass is 16.5. The van der Waals surface area contributed by atoms with Crippen molar-refractivity contribution in [1.29, 1.82) is 0 Å². The van der Waals surface area contributed by atoms with Gasteiger partial charge in [0, 0.05) is 17.7 Å². The Morgan fingerprint density at radius 3 is 2.91 bits per heavy atom. The van der Waals surface area contributed by atoms with Gasteiger partial charge in [-0.25, -0.2) is 0 Å². The molecular formula is C16H18N4O2. The molecule has 6 heteroatoms. The summed E-state index contributed by atoms with van der Waals surface area (Å²) in [5.74, 6) is 0.564. The first kappa shape index (κ1) is 14.3. The van der Waals surface area contributed by atoms with Gasteiger partial charge in [-0.15, -0.1) is 0 Å². The lowest BCUT2D eigenvalue weighted by atomic mass is 9.89. The lowest BCUT2D eigenvalue weighted by Gasteiger charge is -2.38. The molecule has 0 saturated heterocycles. The molecule has 3 N–H and O–H groups in total. The number of hydrogen-bond acceptors (Lipinski definition) is 5. The van der Waals surface area contributed by atoms with Crippen molar-refractivity contribution in [2.75, 3.05) is 5.73 Å². The van der Waals surface area contributed by atoms with Crippen molar-refractivity contribution in [2.45, 2.75) is 31.9 Å². The van der Waals surface area contributed by atoms with Crippen LogP contribution < -0.4 is 15.8 Å². The lowest BCUT2D eigenvalue weighted by molar-refractivity contribution is 0.0620. The smallest absolute Gasteiger partial charge is 0.253 e. The molecule has 2 aromatic rings. The van der Waals surface area contributed by atoms with Crippen LogP contribution in [0.2, 0.25) is 0 Å². The number of benzene rings is 1. The van der Waals surface area contributed by atoms with Crippen molar-refractivity contribution in [1.82, 2.24) is 15.5 Å². The van der Waals surface area contributed by atoms with Gasteiger partial charge in [0.05, 0.1) is 24.0 Å². The summed E-state index contributed by atoms with van der Waals surface area (Å²) in [4.78, 5) is 12.4. The van der Waals surface area contributed by atoms with E-state index in [2.05, 4.69) is 15.5 Å². The highest BCUT2D eigenvalue weighted by Crippen LogP contribution is 2.40. The van der Waals surface area contributed by atoms with Crippen LogP contribution in [-0.4, -0.2) is 21.7 Å². The topological polar surface area (TPSA) is 90.1 Å². The summed E-state index contributed by atoms with van der Waals surface area (Å²) in [5, 5.41) is 10.4. The number of fused-ring (bicyclic) bond motifs is 1. The maximum atomic E-state index is 12.4. The van der Waals surface area contributed by atoms with Crippen LogP contribution in [0.5, 0.6) is 5.75 Å². The number of anilines is 1. The zero-order valence-corrected chi connectivity index (χ0v) is 12.5. The molecule has 0 bridgehead atoms. The largest absolute Gasteiger partial charge is 0.487 e. The fourth-order valence-corrected chi connectivity index (χ4v) is 2.67. The minimum absolute atomic E-state index is 0.164. The van der Waals surface area contributed by atoms with E-state index in [9.17, 15) is 4.79 Å². The van der Waals surface area contributed by atoms with Gasteiger partial charge in [-0.3, -0.25) is 4.79 Å². The van der Waals surface area contributed by atoms with Crippen molar-refractivity contribution in [3.63, 3.8) is 0 Å². The van der Waals surface area contributed by atoms with Gasteiger partial charge in [0.15, 0.2) is 0 Å². The van der Waals surface area contributed by atoms with Crippen LogP contribution in [0.1, 0.15) is 42.2 Å². The molecule has 3 rings (SSSR count). The number of ether oxygens (including phenoxy) is 1. The first-order valence-corrected chi connectivity index (χ1v) is 7.11. The highest BCUT2D eigenvalue weighted by Gasteiger charge is 2.34. The van der Waals surface area contributed by atoms with Crippen LogP contribution in [0.25, 0.3) is 0 Å². The fraction of sp³-hybridized carbons (Fsp3) is 0.312. The molecule has 1 aromatic heterocycles. The number of rotatable bonds is 2. The van der Waals surface area contributed by atoms with Gasteiger partial charge in [0.1, 0.15) is 11.4 Å². The first-order valence-electron chi connectivity index (χ1n) is 7.11. The molecule has 1 unspecified atom stereocenters. The number of nitrogens with one attached hydrogen (secondary N) is 1. The summed E-state index contributed by atoms with van der Waals surface area (Å²) in [7, 11) is 0. The van der Waals surface area contributed by atoms with E-state index in [1.165, 1.54) is 12.4 Å². The number of nitrogens with two attached hydrogens (primary N) is 1. The van der Waals surface area contributed by atoms with Crippen LogP contribution in [0.3, 0.4) is 0 Å². The Labute approximate surface area is 128 Å². The summed E-state index contributed by atoms with van der Waals surface area (Å²) < 4.78 is 5.96. The Balaban J connectivity index is 1.90. The van der Waals surface area contributed by atoms with Gasteiger partial charge in [0.25, 0.3) is 5.91 Å². The summed E-state index contributed by atoms with van der Waals surface area (Å²) in [5.41, 5.74) is 7.52. The Morgan fingerprint density at radius 2 is 2.18 bits per heavy atom. The zero-order chi connectivity index (χ0) is 15.7. The Morgan fingerprint density at radius 1 is 1.36 bits per heavy atom. The summed E-state index contributed by atoms with van der Waals surface area (Å²) >= 11 is 0. The summed E-state index contributed by atoms with van der Waals surface area (Å²) in [6.07, 6.45) is 3.60. The molecule has 1 atom stereocenters. The Bertz CT molecular complexity index is 701. The van der Waals surface area contributed by atoms with Gasteiger partial charge < -0.3 is 15.8 Å². The van der Waals surface area contributed by atoms with Crippen molar-refractivity contribution >= 4 is 11.6 Å². The van der Waals surface area contributed by atoms with Gasteiger partial charge in [0.2, 0.25) is 0 Å². The normalized spacial score (nSPS) is 18.9. The average molecular weight is 298 g/mol. The third-order valence-electron chi connectivity index (χ3n) is 3.64. The van der Waals surface area contributed by atoms with E-state index in [1.807, 2.05) is 26.0 Å². The number of amides is 1. The minimum Gasteiger partial charge on any atom is -0.487 e. The van der Waals surface area contributed by atoms with E-state index in [-0.39, 0.29) is 17.6 Å². The van der Waals surface area contributed by atoms with Crippen LogP contribution in [-0.2, 0) is 0 Å². The van der Waals surface area contributed by atoms with E-state index in [4.69, 9.17) is 10.5 Å². The second-order valence-corrected chi connectivity index (χ2v) is 6.02. The number of nitrogen functional groups attached to an aromatic ring is 1. The van der Waals surface area contributed by atoms with E-state index < -0.39 is 0 Å². The molecule has 0 saturated carbocycles. The predicted octanol–water partition coefficient (Wildman–Crippen LogP) is 2.09. The van der Waals surface area contributed by atoms with Gasteiger partial charge in [-0.2, -0.15) is 10.2 Å². The van der Waals surface area contributed by atoms with Gasteiger partial charge >= 0.3 is 0 Å².